The molecule has 0 aliphatic heterocycles. The number of hydrogen-bond donors (Lipinski definition) is 1. The second-order valence-corrected chi connectivity index (χ2v) is 6.60. The highest BCUT2D eigenvalue weighted by molar-refractivity contribution is 7.88. The molecule has 0 atom stereocenters. The van der Waals surface area contributed by atoms with Crippen molar-refractivity contribution in [3.8, 4) is 0 Å². The molecule has 0 heterocycles. The van der Waals surface area contributed by atoms with Crippen molar-refractivity contribution in [3.05, 3.63) is 70.8 Å². The predicted molar refractivity (Wildman–Crippen MR) is 77.0 cm³/mol. The van der Waals surface area contributed by atoms with Gasteiger partial charge in [0.1, 0.15) is 11.6 Å². The first-order valence-electron chi connectivity index (χ1n) is 6.32. The average molecular weight is 311 g/mol. The second-order valence-electron chi connectivity index (χ2n) is 4.79. The van der Waals surface area contributed by atoms with Crippen molar-refractivity contribution in [2.45, 2.75) is 19.2 Å². The summed E-state index contributed by atoms with van der Waals surface area (Å²) in [6.45, 7) is 1.65. The third-order valence-electron chi connectivity index (χ3n) is 3.00. The zero-order valence-electron chi connectivity index (χ0n) is 11.4. The number of halogens is 2. The highest BCUT2D eigenvalue weighted by Crippen LogP contribution is 2.11. The van der Waals surface area contributed by atoms with E-state index in [2.05, 4.69) is 4.72 Å². The molecule has 0 saturated carbocycles. The van der Waals surface area contributed by atoms with E-state index in [-0.39, 0.29) is 18.1 Å². The molecular formula is C15H15F2NO2S. The van der Waals surface area contributed by atoms with Gasteiger partial charge in [-0.15, -0.1) is 0 Å². The fourth-order valence-electron chi connectivity index (χ4n) is 1.79. The predicted octanol–water partition coefficient (Wildman–Crippen LogP) is 2.89. The first kappa shape index (κ1) is 15.6. The van der Waals surface area contributed by atoms with Crippen LogP contribution < -0.4 is 4.72 Å². The molecule has 0 aliphatic carbocycles. The van der Waals surface area contributed by atoms with Gasteiger partial charge in [0, 0.05) is 6.54 Å². The molecule has 0 aliphatic rings. The number of aryl methyl sites for hydroxylation is 1. The molecule has 2 aromatic carbocycles. The lowest BCUT2D eigenvalue weighted by Gasteiger charge is -2.08. The van der Waals surface area contributed by atoms with E-state index in [1.165, 1.54) is 30.3 Å². The second kappa shape index (κ2) is 6.32. The topological polar surface area (TPSA) is 46.2 Å². The van der Waals surface area contributed by atoms with Gasteiger partial charge in [0.15, 0.2) is 0 Å². The molecule has 21 heavy (non-hydrogen) atoms. The van der Waals surface area contributed by atoms with Gasteiger partial charge in [-0.3, -0.25) is 0 Å². The lowest BCUT2D eigenvalue weighted by atomic mass is 10.1. The Hall–Kier alpha value is -1.79. The fourth-order valence-corrected chi connectivity index (χ4v) is 2.91. The summed E-state index contributed by atoms with van der Waals surface area (Å²) < 4.78 is 52.3. The summed E-state index contributed by atoms with van der Waals surface area (Å²) in [7, 11) is -3.56. The van der Waals surface area contributed by atoms with Gasteiger partial charge in [-0.25, -0.2) is 21.9 Å². The Kier molecular flexibility index (Phi) is 4.69. The summed E-state index contributed by atoms with van der Waals surface area (Å²) >= 11 is 0. The molecule has 0 bridgehead atoms. The lowest BCUT2D eigenvalue weighted by molar-refractivity contribution is 0.579. The molecule has 0 aromatic heterocycles. The largest absolute Gasteiger partial charge is 0.216 e. The highest BCUT2D eigenvalue weighted by Gasteiger charge is 2.11. The minimum absolute atomic E-state index is 0.0146. The lowest BCUT2D eigenvalue weighted by Crippen LogP contribution is -2.24. The molecular weight excluding hydrogens is 296 g/mol. The van der Waals surface area contributed by atoms with Crippen molar-refractivity contribution in [2.75, 3.05) is 0 Å². The van der Waals surface area contributed by atoms with E-state index in [1.807, 2.05) is 0 Å². The normalized spacial score (nSPS) is 11.6. The van der Waals surface area contributed by atoms with Crippen LogP contribution in [0.5, 0.6) is 0 Å². The van der Waals surface area contributed by atoms with Crippen LogP contribution in [0, 0.1) is 18.6 Å². The smallest absolute Gasteiger partial charge is 0.212 e. The van der Waals surface area contributed by atoms with Gasteiger partial charge in [-0.1, -0.05) is 24.3 Å². The molecule has 1 N–H and O–H groups in total. The first-order chi connectivity index (χ1) is 9.85. The summed E-state index contributed by atoms with van der Waals surface area (Å²) in [6.07, 6.45) is 0. The summed E-state index contributed by atoms with van der Waals surface area (Å²) in [4.78, 5) is 0. The van der Waals surface area contributed by atoms with Crippen molar-refractivity contribution >= 4 is 10.0 Å². The summed E-state index contributed by atoms with van der Waals surface area (Å²) in [5.74, 6) is -1.04. The van der Waals surface area contributed by atoms with E-state index in [0.29, 0.717) is 16.7 Å². The summed E-state index contributed by atoms with van der Waals surface area (Å²) in [5.41, 5.74) is 1.53. The average Bonchev–Trinajstić information content (AvgIpc) is 2.43. The Morgan fingerprint density at radius 1 is 1.00 bits per heavy atom. The van der Waals surface area contributed by atoms with Crippen LogP contribution in [0.4, 0.5) is 8.78 Å². The minimum Gasteiger partial charge on any atom is -0.212 e. The van der Waals surface area contributed by atoms with Crippen molar-refractivity contribution < 1.29 is 17.2 Å². The summed E-state index contributed by atoms with van der Waals surface area (Å²) in [5, 5.41) is 0. The molecule has 0 fully saturated rings. The van der Waals surface area contributed by atoms with E-state index < -0.39 is 15.8 Å². The Morgan fingerprint density at radius 3 is 2.24 bits per heavy atom. The molecule has 0 spiro atoms. The minimum atomic E-state index is -3.56. The monoisotopic (exact) mass is 311 g/mol. The Morgan fingerprint density at radius 2 is 1.62 bits per heavy atom. The maximum absolute atomic E-state index is 13.4. The zero-order valence-corrected chi connectivity index (χ0v) is 12.3. The Bertz CT molecular complexity index is 728. The quantitative estimate of drug-likeness (QED) is 0.923. The first-order valence-corrected chi connectivity index (χ1v) is 7.98. The molecule has 0 amide bonds. The van der Waals surface area contributed by atoms with E-state index >= 15 is 0 Å². The highest BCUT2D eigenvalue weighted by atomic mass is 32.2. The number of rotatable bonds is 5. The van der Waals surface area contributed by atoms with Crippen LogP contribution in [0.25, 0.3) is 0 Å². The molecule has 6 heteroatoms. The van der Waals surface area contributed by atoms with Crippen LogP contribution in [-0.4, -0.2) is 8.42 Å². The van der Waals surface area contributed by atoms with E-state index in [4.69, 9.17) is 0 Å². The van der Waals surface area contributed by atoms with Crippen molar-refractivity contribution in [1.29, 1.82) is 0 Å². The third kappa shape index (κ3) is 4.61. The van der Waals surface area contributed by atoms with Crippen LogP contribution in [0.2, 0.25) is 0 Å². The fraction of sp³-hybridized carbons (Fsp3) is 0.200. The SMILES string of the molecule is Cc1ccc(CNS(=O)(=O)Cc2ccc(F)cc2)cc1F. The zero-order chi connectivity index (χ0) is 15.5. The molecule has 2 aromatic rings. The van der Waals surface area contributed by atoms with Crippen LogP contribution in [0.15, 0.2) is 42.5 Å². The maximum atomic E-state index is 13.4. The van der Waals surface area contributed by atoms with Gasteiger partial charge in [0.05, 0.1) is 5.75 Å². The third-order valence-corrected chi connectivity index (χ3v) is 4.30. The van der Waals surface area contributed by atoms with E-state index in [9.17, 15) is 17.2 Å². The molecule has 0 saturated heterocycles. The van der Waals surface area contributed by atoms with Crippen molar-refractivity contribution in [1.82, 2.24) is 4.72 Å². The van der Waals surface area contributed by atoms with Gasteiger partial charge >= 0.3 is 0 Å². The maximum Gasteiger partial charge on any atom is 0.216 e. The van der Waals surface area contributed by atoms with E-state index in [0.717, 1.165) is 0 Å². The number of benzene rings is 2. The Balaban J connectivity index is 2.00. The number of sulfonamides is 1. The van der Waals surface area contributed by atoms with Gasteiger partial charge in [0.25, 0.3) is 0 Å². The molecule has 112 valence electrons. The molecule has 3 nitrogen and oxygen atoms in total. The molecule has 0 radical (unpaired) electrons. The molecule has 0 unspecified atom stereocenters. The van der Waals surface area contributed by atoms with Gasteiger partial charge < -0.3 is 0 Å². The number of hydrogen-bond acceptors (Lipinski definition) is 2. The van der Waals surface area contributed by atoms with Crippen molar-refractivity contribution in [2.24, 2.45) is 0 Å². The standard InChI is InChI=1S/C15H15F2NO2S/c1-11-2-3-13(8-15(11)17)9-18-21(19,20)10-12-4-6-14(16)7-5-12/h2-8,18H,9-10H2,1H3. The van der Waals surface area contributed by atoms with Crippen LogP contribution in [0.1, 0.15) is 16.7 Å². The van der Waals surface area contributed by atoms with Crippen LogP contribution in [0.3, 0.4) is 0 Å². The molecule has 2 rings (SSSR count). The van der Waals surface area contributed by atoms with Crippen molar-refractivity contribution in [3.63, 3.8) is 0 Å². The van der Waals surface area contributed by atoms with E-state index in [1.54, 1.807) is 19.1 Å². The van der Waals surface area contributed by atoms with Gasteiger partial charge in [0.2, 0.25) is 10.0 Å². The number of nitrogens with one attached hydrogen (secondary N) is 1. The van der Waals surface area contributed by atoms with Gasteiger partial charge in [-0.2, -0.15) is 0 Å². The van der Waals surface area contributed by atoms with Crippen LogP contribution >= 0.6 is 0 Å². The van der Waals surface area contributed by atoms with Gasteiger partial charge in [-0.05, 0) is 41.8 Å². The van der Waals surface area contributed by atoms with Crippen LogP contribution in [-0.2, 0) is 22.3 Å². The summed E-state index contributed by atoms with van der Waals surface area (Å²) in [6, 6.07) is 9.81. The Labute approximate surface area is 122 Å².